The van der Waals surface area contributed by atoms with E-state index in [2.05, 4.69) is 0 Å². The first-order valence-corrected chi connectivity index (χ1v) is 3.93. The molecule has 0 aromatic rings. The summed E-state index contributed by atoms with van der Waals surface area (Å²) in [5.74, 6) is -2.67. The molecule has 74 valence electrons. The maximum absolute atomic E-state index is 10.5. The molecule has 0 fully saturated rings. The maximum Gasteiger partial charge on any atom is 0.0523 e. The lowest BCUT2D eigenvalue weighted by Gasteiger charge is -2.25. The van der Waals surface area contributed by atoms with Crippen LogP contribution in [0, 0.1) is 5.41 Å². The van der Waals surface area contributed by atoms with Crippen LogP contribution < -0.4 is 10.2 Å². The van der Waals surface area contributed by atoms with Gasteiger partial charge in [0.15, 0.2) is 0 Å². The van der Waals surface area contributed by atoms with E-state index in [1.807, 2.05) is 0 Å². The van der Waals surface area contributed by atoms with Gasteiger partial charge in [0.05, 0.1) is 5.97 Å². The summed E-state index contributed by atoms with van der Waals surface area (Å²) < 4.78 is 0. The van der Waals surface area contributed by atoms with Gasteiger partial charge in [0, 0.05) is 22.8 Å². The number of carbonyl (C=O) groups excluding carboxylic acids is 2. The van der Waals surface area contributed by atoms with Crippen molar-refractivity contribution in [1.29, 1.82) is 0 Å². The summed E-state index contributed by atoms with van der Waals surface area (Å²) in [5.41, 5.74) is -1.36. The van der Waals surface area contributed by atoms with Crippen LogP contribution in [0.1, 0.15) is 20.3 Å². The second kappa shape index (κ2) is 4.28. The number of carbonyl (C=O) groups is 2. The van der Waals surface area contributed by atoms with Gasteiger partial charge in [-0.15, -0.1) is 0 Å². The summed E-state index contributed by atoms with van der Waals surface area (Å²) in [6.45, 7) is 2.66. The van der Waals surface area contributed by atoms with Gasteiger partial charge in [0.1, 0.15) is 0 Å². The van der Waals surface area contributed by atoms with Crippen LogP contribution in [-0.2, 0) is 9.59 Å². The Morgan fingerprint density at radius 2 is 1.85 bits per heavy atom. The SMILES string of the molecule is CC(C)(C(=O)[O-])/C(Cl)=C/CC(=O)[O-]. The molecule has 0 unspecified atom stereocenters. The molecule has 5 heteroatoms. The van der Waals surface area contributed by atoms with Gasteiger partial charge in [-0.1, -0.05) is 17.7 Å². The average molecular weight is 205 g/mol. The topological polar surface area (TPSA) is 80.3 Å². The molecule has 0 saturated carbocycles. The fraction of sp³-hybridized carbons (Fsp3) is 0.500. The van der Waals surface area contributed by atoms with Crippen LogP contribution in [0.25, 0.3) is 0 Å². The third-order valence-corrected chi connectivity index (χ3v) is 2.18. The zero-order valence-electron chi connectivity index (χ0n) is 7.30. The monoisotopic (exact) mass is 204 g/mol. The molecule has 0 aromatic heterocycles. The maximum atomic E-state index is 10.5. The van der Waals surface area contributed by atoms with Crippen molar-refractivity contribution in [3.63, 3.8) is 0 Å². The van der Waals surface area contributed by atoms with E-state index in [0.717, 1.165) is 6.08 Å². The predicted molar refractivity (Wildman–Crippen MR) is 42.3 cm³/mol. The third kappa shape index (κ3) is 3.46. The van der Waals surface area contributed by atoms with E-state index in [1.54, 1.807) is 0 Å². The van der Waals surface area contributed by atoms with E-state index in [-0.39, 0.29) is 5.03 Å². The summed E-state index contributed by atoms with van der Waals surface area (Å²) >= 11 is 5.56. The van der Waals surface area contributed by atoms with Gasteiger partial charge in [0.2, 0.25) is 0 Å². The molecule has 0 bridgehead atoms. The van der Waals surface area contributed by atoms with Crippen LogP contribution in [0.2, 0.25) is 0 Å². The fourth-order valence-corrected chi connectivity index (χ4v) is 0.680. The molecule has 0 amide bonds. The summed E-state index contributed by atoms with van der Waals surface area (Å²) in [6.07, 6.45) is 0.683. The number of hydrogen-bond donors (Lipinski definition) is 0. The highest BCUT2D eigenvalue weighted by molar-refractivity contribution is 6.31. The Hall–Kier alpha value is -1.03. The fourth-order valence-electron chi connectivity index (χ4n) is 0.526. The van der Waals surface area contributed by atoms with Crippen LogP contribution in [0.3, 0.4) is 0 Å². The molecular formula is C8H9ClO4-2. The Balaban J connectivity index is 4.57. The Labute approximate surface area is 80.8 Å². The van der Waals surface area contributed by atoms with Gasteiger partial charge in [-0.05, 0) is 13.8 Å². The highest BCUT2D eigenvalue weighted by Gasteiger charge is 2.23. The minimum atomic E-state index is -1.36. The second-order valence-electron chi connectivity index (χ2n) is 3.04. The van der Waals surface area contributed by atoms with Crippen LogP contribution in [0.15, 0.2) is 11.1 Å². The summed E-state index contributed by atoms with van der Waals surface area (Å²) in [6, 6.07) is 0. The first-order valence-electron chi connectivity index (χ1n) is 3.56. The van der Waals surface area contributed by atoms with Crippen molar-refractivity contribution < 1.29 is 19.8 Å². The van der Waals surface area contributed by atoms with Crippen molar-refractivity contribution in [2.24, 2.45) is 5.41 Å². The molecule has 0 aliphatic rings. The lowest BCUT2D eigenvalue weighted by molar-refractivity contribution is -0.315. The molecule has 0 aliphatic carbocycles. The number of halogens is 1. The number of rotatable bonds is 4. The first-order chi connectivity index (χ1) is 5.78. The van der Waals surface area contributed by atoms with Gasteiger partial charge < -0.3 is 19.8 Å². The van der Waals surface area contributed by atoms with Crippen LogP contribution in [-0.4, -0.2) is 11.9 Å². The standard InChI is InChI=1S/C8H11ClO4/c1-8(2,7(12)13)5(9)3-4-6(10)11/h3H,4H2,1-2H3,(H,10,11)(H,12,13)/p-2/b5-3-. The first kappa shape index (κ1) is 12.0. The summed E-state index contributed by atoms with van der Waals surface area (Å²) in [7, 11) is 0. The van der Waals surface area contributed by atoms with Gasteiger partial charge in [-0.25, -0.2) is 0 Å². The number of aliphatic carboxylic acids is 2. The average Bonchev–Trinajstić information content (AvgIpc) is 1.99. The molecule has 13 heavy (non-hydrogen) atoms. The van der Waals surface area contributed by atoms with Gasteiger partial charge in [0.25, 0.3) is 0 Å². The molecule has 4 nitrogen and oxygen atoms in total. The smallest absolute Gasteiger partial charge is 0.0523 e. The Morgan fingerprint density at radius 1 is 1.38 bits per heavy atom. The highest BCUT2D eigenvalue weighted by atomic mass is 35.5. The van der Waals surface area contributed by atoms with Crippen LogP contribution >= 0.6 is 11.6 Å². The number of hydrogen-bond acceptors (Lipinski definition) is 4. The Morgan fingerprint density at radius 3 is 2.15 bits per heavy atom. The van der Waals surface area contributed by atoms with E-state index in [4.69, 9.17) is 11.6 Å². The lowest BCUT2D eigenvalue weighted by atomic mass is 9.92. The quantitative estimate of drug-likeness (QED) is 0.590. The van der Waals surface area contributed by atoms with Gasteiger partial charge in [-0.3, -0.25) is 0 Å². The molecule has 0 atom stereocenters. The Kier molecular flexibility index (Phi) is 3.94. The van der Waals surface area contributed by atoms with E-state index in [9.17, 15) is 19.8 Å². The molecule has 0 spiro atoms. The summed E-state index contributed by atoms with van der Waals surface area (Å²) in [5, 5.41) is 20.5. The van der Waals surface area contributed by atoms with E-state index >= 15 is 0 Å². The Bertz CT molecular complexity index is 255. The summed E-state index contributed by atoms with van der Waals surface area (Å²) in [4.78, 5) is 20.5. The van der Waals surface area contributed by atoms with Crippen molar-refractivity contribution in [3.8, 4) is 0 Å². The molecule has 0 heterocycles. The molecule has 0 saturated heterocycles. The van der Waals surface area contributed by atoms with Crippen LogP contribution in [0.4, 0.5) is 0 Å². The molecule has 0 aliphatic heterocycles. The van der Waals surface area contributed by atoms with Crippen molar-refractivity contribution in [3.05, 3.63) is 11.1 Å². The third-order valence-electron chi connectivity index (χ3n) is 1.56. The molecule has 0 aromatic carbocycles. The largest absolute Gasteiger partial charge is 0.550 e. The van der Waals surface area contributed by atoms with Crippen LogP contribution in [0.5, 0.6) is 0 Å². The molecule has 0 rings (SSSR count). The number of carboxylic acids is 2. The number of carboxylic acid groups (broad SMARTS) is 2. The lowest BCUT2D eigenvalue weighted by Crippen LogP contribution is -2.38. The van der Waals surface area contributed by atoms with Crippen molar-refractivity contribution in [2.45, 2.75) is 20.3 Å². The molecule has 0 N–H and O–H groups in total. The molecular weight excluding hydrogens is 196 g/mol. The van der Waals surface area contributed by atoms with E-state index < -0.39 is 23.8 Å². The highest BCUT2D eigenvalue weighted by Crippen LogP contribution is 2.28. The van der Waals surface area contributed by atoms with Crippen molar-refractivity contribution in [2.75, 3.05) is 0 Å². The normalized spacial score (nSPS) is 12.7. The minimum absolute atomic E-state index is 0.0725. The van der Waals surface area contributed by atoms with Crippen molar-refractivity contribution >= 4 is 23.5 Å². The van der Waals surface area contributed by atoms with Crippen molar-refractivity contribution in [1.82, 2.24) is 0 Å². The minimum Gasteiger partial charge on any atom is -0.550 e. The predicted octanol–water partition coefficient (Wildman–Crippen LogP) is -0.975. The van der Waals surface area contributed by atoms with E-state index in [0.29, 0.717) is 0 Å². The zero-order valence-corrected chi connectivity index (χ0v) is 8.05. The zero-order chi connectivity index (χ0) is 10.6. The van der Waals surface area contributed by atoms with Gasteiger partial charge >= 0.3 is 0 Å². The molecule has 0 radical (unpaired) electrons. The van der Waals surface area contributed by atoms with E-state index in [1.165, 1.54) is 13.8 Å². The second-order valence-corrected chi connectivity index (χ2v) is 3.45. The van der Waals surface area contributed by atoms with Gasteiger partial charge in [-0.2, -0.15) is 0 Å².